The van der Waals surface area contributed by atoms with Crippen molar-refractivity contribution in [3.63, 3.8) is 0 Å². The van der Waals surface area contributed by atoms with Crippen molar-refractivity contribution in [3.05, 3.63) is 35.5 Å². The number of amides is 1. The van der Waals surface area contributed by atoms with Crippen LogP contribution in [0, 0.1) is 0 Å². The van der Waals surface area contributed by atoms with E-state index in [1.165, 1.54) is 0 Å². The van der Waals surface area contributed by atoms with Crippen molar-refractivity contribution in [2.75, 3.05) is 49.9 Å². The predicted molar refractivity (Wildman–Crippen MR) is 96.3 cm³/mol. The largest absolute Gasteiger partial charge is 0.484 e. The van der Waals surface area contributed by atoms with Crippen molar-refractivity contribution >= 4 is 35.0 Å². The number of hydrogen-bond donors (Lipinski definition) is 1. The van der Waals surface area contributed by atoms with E-state index in [1.54, 1.807) is 35.4 Å². The second kappa shape index (κ2) is 7.83. The third kappa shape index (κ3) is 4.73. The van der Waals surface area contributed by atoms with E-state index in [1.807, 2.05) is 33.1 Å². The molecule has 0 unspecified atom stereocenters. The maximum atomic E-state index is 12.1. The van der Waals surface area contributed by atoms with Crippen molar-refractivity contribution in [2.24, 2.45) is 0 Å². The molecule has 1 aromatic heterocycles. The summed E-state index contributed by atoms with van der Waals surface area (Å²) in [5.74, 6) is 1.46. The number of carbonyl (C=O) groups is 1. The van der Waals surface area contributed by atoms with E-state index in [0.717, 1.165) is 0 Å². The summed E-state index contributed by atoms with van der Waals surface area (Å²) in [4.78, 5) is 24.3. The van der Waals surface area contributed by atoms with Gasteiger partial charge < -0.3 is 19.9 Å². The number of anilines is 3. The molecule has 7 nitrogen and oxygen atoms in total. The monoisotopic (exact) mass is 349 g/mol. The minimum absolute atomic E-state index is 0.121. The van der Waals surface area contributed by atoms with Gasteiger partial charge in [0, 0.05) is 33.2 Å². The molecule has 1 amide bonds. The van der Waals surface area contributed by atoms with Gasteiger partial charge in [-0.1, -0.05) is 11.6 Å². The number of hydrogen-bond acceptors (Lipinski definition) is 6. The molecular weight excluding hydrogens is 330 g/mol. The third-order valence-electron chi connectivity index (χ3n) is 3.04. The van der Waals surface area contributed by atoms with Gasteiger partial charge in [0.15, 0.2) is 12.4 Å². The van der Waals surface area contributed by atoms with Crippen LogP contribution in [0.25, 0.3) is 0 Å². The van der Waals surface area contributed by atoms with E-state index >= 15 is 0 Å². The van der Waals surface area contributed by atoms with Crippen molar-refractivity contribution in [3.8, 4) is 5.75 Å². The Balaban J connectivity index is 2.03. The third-order valence-corrected chi connectivity index (χ3v) is 3.29. The van der Waals surface area contributed by atoms with Crippen molar-refractivity contribution in [1.29, 1.82) is 0 Å². The Hall–Kier alpha value is -2.54. The van der Waals surface area contributed by atoms with Crippen LogP contribution < -0.4 is 19.9 Å². The number of ether oxygens (including phenoxy) is 1. The highest BCUT2D eigenvalue weighted by Gasteiger charge is 2.13. The molecule has 128 valence electrons. The highest BCUT2D eigenvalue weighted by atomic mass is 35.5. The van der Waals surface area contributed by atoms with Crippen LogP contribution in [-0.4, -0.2) is 50.7 Å². The Morgan fingerprint density at radius 2 is 1.83 bits per heavy atom. The standard InChI is InChI=1S/C16H20ClN5O2/c1-21(2)15-13(9-18-16(20-15)22(3)4)19-14(23)10-24-12-7-5-11(17)6-8-12/h5-9H,10H2,1-4H3,(H,19,23). The number of aromatic nitrogens is 2. The van der Waals surface area contributed by atoms with Gasteiger partial charge >= 0.3 is 0 Å². The molecule has 0 atom stereocenters. The Bertz CT molecular complexity index is 704. The van der Waals surface area contributed by atoms with E-state index in [0.29, 0.717) is 28.2 Å². The molecule has 0 aliphatic carbocycles. The molecule has 0 radical (unpaired) electrons. The first-order valence-electron chi connectivity index (χ1n) is 7.26. The first-order chi connectivity index (χ1) is 11.4. The van der Waals surface area contributed by atoms with Gasteiger partial charge in [-0.3, -0.25) is 4.79 Å². The van der Waals surface area contributed by atoms with Crippen molar-refractivity contribution in [2.45, 2.75) is 0 Å². The molecule has 0 spiro atoms. The minimum Gasteiger partial charge on any atom is -0.484 e. The van der Waals surface area contributed by atoms with E-state index in [2.05, 4.69) is 15.3 Å². The van der Waals surface area contributed by atoms with Crippen molar-refractivity contribution in [1.82, 2.24) is 9.97 Å². The molecule has 0 saturated heterocycles. The fraction of sp³-hybridized carbons (Fsp3) is 0.312. The van der Waals surface area contributed by atoms with Gasteiger partial charge in [-0.2, -0.15) is 4.98 Å². The molecule has 2 aromatic rings. The molecule has 0 aliphatic rings. The SMILES string of the molecule is CN(C)c1ncc(NC(=O)COc2ccc(Cl)cc2)c(N(C)C)n1. The maximum absolute atomic E-state index is 12.1. The molecule has 0 bridgehead atoms. The molecule has 2 rings (SSSR count). The Kier molecular flexibility index (Phi) is 5.81. The molecule has 0 saturated carbocycles. The normalized spacial score (nSPS) is 10.2. The summed E-state index contributed by atoms with van der Waals surface area (Å²) in [6.45, 7) is -0.121. The van der Waals surface area contributed by atoms with Gasteiger partial charge in [-0.05, 0) is 24.3 Å². The topological polar surface area (TPSA) is 70.6 Å². The highest BCUT2D eigenvalue weighted by Crippen LogP contribution is 2.23. The number of carbonyl (C=O) groups excluding carboxylic acids is 1. The van der Waals surface area contributed by atoms with E-state index < -0.39 is 0 Å². The van der Waals surface area contributed by atoms with E-state index in [4.69, 9.17) is 16.3 Å². The second-order valence-electron chi connectivity index (χ2n) is 5.49. The zero-order valence-corrected chi connectivity index (χ0v) is 14.8. The maximum Gasteiger partial charge on any atom is 0.262 e. The highest BCUT2D eigenvalue weighted by molar-refractivity contribution is 6.30. The number of nitrogens with one attached hydrogen (secondary N) is 1. The van der Waals surface area contributed by atoms with Crippen LogP contribution in [0.3, 0.4) is 0 Å². The number of rotatable bonds is 6. The van der Waals surface area contributed by atoms with Crippen molar-refractivity contribution < 1.29 is 9.53 Å². The lowest BCUT2D eigenvalue weighted by molar-refractivity contribution is -0.118. The molecule has 0 fully saturated rings. The summed E-state index contributed by atoms with van der Waals surface area (Å²) in [6, 6.07) is 6.81. The fourth-order valence-corrected chi connectivity index (χ4v) is 2.00. The van der Waals surface area contributed by atoms with Crippen LogP contribution in [0.15, 0.2) is 30.5 Å². The van der Waals surface area contributed by atoms with Crippen LogP contribution in [0.5, 0.6) is 5.75 Å². The lowest BCUT2D eigenvalue weighted by atomic mass is 10.3. The second-order valence-corrected chi connectivity index (χ2v) is 5.92. The molecule has 8 heteroatoms. The average Bonchev–Trinajstić information content (AvgIpc) is 2.54. The zero-order valence-electron chi connectivity index (χ0n) is 14.1. The molecule has 1 heterocycles. The zero-order chi connectivity index (χ0) is 17.7. The fourth-order valence-electron chi connectivity index (χ4n) is 1.87. The molecule has 1 N–H and O–H groups in total. The minimum atomic E-state index is -0.297. The first-order valence-corrected chi connectivity index (χ1v) is 7.64. The summed E-state index contributed by atoms with van der Waals surface area (Å²) < 4.78 is 5.42. The number of nitrogens with zero attached hydrogens (tertiary/aromatic N) is 4. The predicted octanol–water partition coefficient (Wildman–Crippen LogP) is 2.28. The van der Waals surface area contributed by atoms with Gasteiger partial charge in [-0.25, -0.2) is 4.98 Å². The summed E-state index contributed by atoms with van der Waals surface area (Å²) >= 11 is 5.81. The van der Waals surface area contributed by atoms with Crippen LogP contribution in [0.1, 0.15) is 0 Å². The number of benzene rings is 1. The molecule has 0 aliphatic heterocycles. The Morgan fingerprint density at radius 3 is 2.42 bits per heavy atom. The summed E-state index contributed by atoms with van der Waals surface area (Å²) in [7, 11) is 7.41. The van der Waals surface area contributed by atoms with Gasteiger partial charge in [0.1, 0.15) is 11.4 Å². The van der Waals surface area contributed by atoms with E-state index in [9.17, 15) is 4.79 Å². The molecule has 1 aromatic carbocycles. The summed E-state index contributed by atoms with van der Waals surface area (Å²) in [5, 5.41) is 3.38. The molecule has 24 heavy (non-hydrogen) atoms. The van der Waals surface area contributed by atoms with Crippen LogP contribution >= 0.6 is 11.6 Å². The van der Waals surface area contributed by atoms with Gasteiger partial charge in [0.2, 0.25) is 5.95 Å². The lowest BCUT2D eigenvalue weighted by Gasteiger charge is -2.19. The summed E-state index contributed by atoms with van der Waals surface area (Å²) in [5.41, 5.74) is 0.523. The average molecular weight is 350 g/mol. The summed E-state index contributed by atoms with van der Waals surface area (Å²) in [6.07, 6.45) is 1.58. The molecular formula is C16H20ClN5O2. The lowest BCUT2D eigenvalue weighted by Crippen LogP contribution is -2.24. The Labute approximate surface area is 146 Å². The van der Waals surface area contributed by atoms with Crippen LogP contribution in [0.4, 0.5) is 17.5 Å². The van der Waals surface area contributed by atoms with Crippen LogP contribution in [0.2, 0.25) is 5.02 Å². The first kappa shape index (κ1) is 17.8. The Morgan fingerprint density at radius 1 is 1.17 bits per heavy atom. The number of halogens is 1. The van der Waals surface area contributed by atoms with Crippen LogP contribution in [-0.2, 0) is 4.79 Å². The van der Waals surface area contributed by atoms with Gasteiger partial charge in [-0.15, -0.1) is 0 Å². The van der Waals surface area contributed by atoms with E-state index in [-0.39, 0.29) is 12.5 Å². The quantitative estimate of drug-likeness (QED) is 0.862. The van der Waals surface area contributed by atoms with Gasteiger partial charge in [0.25, 0.3) is 5.91 Å². The van der Waals surface area contributed by atoms with Gasteiger partial charge in [0.05, 0.1) is 6.20 Å². The smallest absolute Gasteiger partial charge is 0.262 e.